The van der Waals surface area contributed by atoms with E-state index >= 15 is 0 Å². The number of imidazole rings is 1. The van der Waals surface area contributed by atoms with E-state index in [1.165, 1.54) is 12.1 Å². The second-order valence-electron chi connectivity index (χ2n) is 4.33. The van der Waals surface area contributed by atoms with Gasteiger partial charge in [0.1, 0.15) is 0 Å². The van der Waals surface area contributed by atoms with Gasteiger partial charge in [-0.1, -0.05) is 6.92 Å². The van der Waals surface area contributed by atoms with Crippen LogP contribution in [0.3, 0.4) is 0 Å². The highest BCUT2D eigenvalue weighted by atomic mass is 15.3. The normalized spacial score (nSPS) is 21.3. The Morgan fingerprint density at radius 2 is 2.40 bits per heavy atom. The summed E-state index contributed by atoms with van der Waals surface area (Å²) in [6.07, 6.45) is 4.32. The van der Waals surface area contributed by atoms with Gasteiger partial charge in [-0.3, -0.25) is 0 Å². The molecule has 15 heavy (non-hydrogen) atoms. The molecule has 4 nitrogen and oxygen atoms in total. The Labute approximate surface area is 91.1 Å². The van der Waals surface area contributed by atoms with E-state index in [9.17, 15) is 0 Å². The van der Waals surface area contributed by atoms with E-state index in [1.54, 1.807) is 0 Å². The summed E-state index contributed by atoms with van der Waals surface area (Å²) in [6.45, 7) is 5.08. The molecule has 1 aliphatic rings. The number of nitrogens with zero attached hydrogens (tertiary/aromatic N) is 3. The molecular weight excluding hydrogens is 188 g/mol. The topological polar surface area (TPSA) is 47.1 Å². The van der Waals surface area contributed by atoms with E-state index in [0.29, 0.717) is 5.92 Å². The van der Waals surface area contributed by atoms with E-state index in [1.807, 2.05) is 0 Å². The van der Waals surface area contributed by atoms with Crippen LogP contribution in [0.25, 0.3) is 0 Å². The fraction of sp³-hybridized carbons (Fsp3) is 0.727. The Bertz CT molecular complexity index is 331. The number of hydrogen-bond donors (Lipinski definition) is 1. The Morgan fingerprint density at radius 1 is 1.60 bits per heavy atom. The third kappa shape index (κ3) is 2.00. The van der Waals surface area contributed by atoms with Crippen LogP contribution < -0.4 is 10.6 Å². The molecule has 0 radical (unpaired) electrons. The maximum absolute atomic E-state index is 5.69. The Kier molecular flexibility index (Phi) is 2.95. The summed E-state index contributed by atoms with van der Waals surface area (Å²) < 4.78 is 2.12. The van der Waals surface area contributed by atoms with Crippen molar-refractivity contribution in [3.8, 4) is 0 Å². The van der Waals surface area contributed by atoms with Crippen molar-refractivity contribution in [3.63, 3.8) is 0 Å². The Balaban J connectivity index is 2.12. The lowest BCUT2D eigenvalue weighted by Gasteiger charge is -2.16. The highest BCUT2D eigenvalue weighted by Gasteiger charge is 2.24. The van der Waals surface area contributed by atoms with Crippen molar-refractivity contribution in [2.75, 3.05) is 24.5 Å². The fourth-order valence-electron chi connectivity index (χ4n) is 2.19. The third-order valence-corrected chi connectivity index (χ3v) is 3.17. The predicted molar refractivity (Wildman–Crippen MR) is 62.0 cm³/mol. The molecule has 1 aromatic heterocycles. The van der Waals surface area contributed by atoms with E-state index in [-0.39, 0.29) is 0 Å². The van der Waals surface area contributed by atoms with Gasteiger partial charge in [0.2, 0.25) is 5.95 Å². The van der Waals surface area contributed by atoms with Crippen LogP contribution in [0.1, 0.15) is 19.0 Å². The van der Waals surface area contributed by atoms with Gasteiger partial charge in [-0.25, -0.2) is 4.98 Å². The number of nitrogens with two attached hydrogens (primary N) is 1. The Hall–Kier alpha value is -1.03. The molecule has 0 spiro atoms. The molecule has 1 unspecified atom stereocenters. The quantitative estimate of drug-likeness (QED) is 0.798. The maximum atomic E-state index is 5.69. The van der Waals surface area contributed by atoms with E-state index < -0.39 is 0 Å². The summed E-state index contributed by atoms with van der Waals surface area (Å²) in [4.78, 5) is 6.97. The highest BCUT2D eigenvalue weighted by Crippen LogP contribution is 2.22. The standard InChI is InChI=1S/C11H20N4/c1-3-10-8-14(2)11(13-10)15-5-4-9(6-12)7-15/h8-9H,3-7,12H2,1-2H3. The van der Waals surface area contributed by atoms with Crippen LogP contribution >= 0.6 is 0 Å². The minimum Gasteiger partial charge on any atom is -0.342 e. The van der Waals surface area contributed by atoms with Crippen LogP contribution in [-0.2, 0) is 13.5 Å². The van der Waals surface area contributed by atoms with E-state index in [2.05, 4.69) is 34.6 Å². The van der Waals surface area contributed by atoms with Gasteiger partial charge < -0.3 is 15.2 Å². The van der Waals surface area contributed by atoms with Crippen LogP contribution in [0.5, 0.6) is 0 Å². The summed E-state index contributed by atoms with van der Waals surface area (Å²) >= 11 is 0. The molecule has 1 fully saturated rings. The predicted octanol–water partition coefficient (Wildman–Crippen LogP) is 0.767. The molecule has 0 aliphatic carbocycles. The largest absolute Gasteiger partial charge is 0.342 e. The molecule has 2 heterocycles. The van der Waals surface area contributed by atoms with Crippen molar-refractivity contribution >= 4 is 5.95 Å². The van der Waals surface area contributed by atoms with Gasteiger partial charge in [-0.2, -0.15) is 0 Å². The minimum absolute atomic E-state index is 0.645. The average molecular weight is 208 g/mol. The zero-order valence-electron chi connectivity index (χ0n) is 9.61. The summed E-state index contributed by atoms with van der Waals surface area (Å²) in [6, 6.07) is 0. The molecule has 4 heteroatoms. The van der Waals surface area contributed by atoms with Gasteiger partial charge in [-0.15, -0.1) is 0 Å². The lowest BCUT2D eigenvalue weighted by atomic mass is 10.1. The molecule has 1 aliphatic heterocycles. The zero-order valence-corrected chi connectivity index (χ0v) is 9.61. The lowest BCUT2D eigenvalue weighted by Crippen LogP contribution is -2.24. The van der Waals surface area contributed by atoms with Crippen molar-refractivity contribution in [1.82, 2.24) is 9.55 Å². The second kappa shape index (κ2) is 4.23. The smallest absolute Gasteiger partial charge is 0.205 e. The number of rotatable bonds is 3. The lowest BCUT2D eigenvalue weighted by molar-refractivity contribution is 0.601. The molecule has 0 amide bonds. The van der Waals surface area contributed by atoms with Crippen molar-refractivity contribution < 1.29 is 0 Å². The number of hydrogen-bond acceptors (Lipinski definition) is 3. The number of aryl methyl sites for hydroxylation is 2. The van der Waals surface area contributed by atoms with Gasteiger partial charge in [-0.05, 0) is 25.3 Å². The first-order valence-electron chi connectivity index (χ1n) is 5.71. The van der Waals surface area contributed by atoms with Crippen molar-refractivity contribution in [3.05, 3.63) is 11.9 Å². The average Bonchev–Trinajstić information content (AvgIpc) is 2.83. The van der Waals surface area contributed by atoms with Gasteiger partial charge in [0.25, 0.3) is 0 Å². The van der Waals surface area contributed by atoms with Crippen LogP contribution in [-0.4, -0.2) is 29.2 Å². The van der Waals surface area contributed by atoms with Gasteiger partial charge in [0.15, 0.2) is 0 Å². The van der Waals surface area contributed by atoms with Crippen LogP contribution in [0.4, 0.5) is 5.95 Å². The molecule has 84 valence electrons. The van der Waals surface area contributed by atoms with Crippen molar-refractivity contribution in [2.24, 2.45) is 18.7 Å². The SMILES string of the molecule is CCc1cn(C)c(N2CCC(CN)C2)n1. The van der Waals surface area contributed by atoms with E-state index in [0.717, 1.165) is 32.0 Å². The minimum atomic E-state index is 0.645. The van der Waals surface area contributed by atoms with Gasteiger partial charge >= 0.3 is 0 Å². The maximum Gasteiger partial charge on any atom is 0.205 e. The van der Waals surface area contributed by atoms with Crippen LogP contribution in [0, 0.1) is 5.92 Å². The number of anilines is 1. The van der Waals surface area contributed by atoms with Crippen molar-refractivity contribution in [1.29, 1.82) is 0 Å². The van der Waals surface area contributed by atoms with E-state index in [4.69, 9.17) is 5.73 Å². The van der Waals surface area contributed by atoms with Crippen molar-refractivity contribution in [2.45, 2.75) is 19.8 Å². The third-order valence-electron chi connectivity index (χ3n) is 3.17. The molecule has 0 bridgehead atoms. The molecular formula is C11H20N4. The summed E-state index contributed by atoms with van der Waals surface area (Å²) in [5.41, 5.74) is 6.86. The van der Waals surface area contributed by atoms with Crippen LogP contribution in [0.15, 0.2) is 6.20 Å². The second-order valence-corrected chi connectivity index (χ2v) is 4.33. The molecule has 0 aromatic carbocycles. The van der Waals surface area contributed by atoms with Crippen LogP contribution in [0.2, 0.25) is 0 Å². The Morgan fingerprint density at radius 3 is 2.93 bits per heavy atom. The first-order chi connectivity index (χ1) is 7.24. The molecule has 1 atom stereocenters. The fourth-order valence-corrected chi connectivity index (χ4v) is 2.19. The number of aromatic nitrogens is 2. The molecule has 1 aromatic rings. The molecule has 2 rings (SSSR count). The summed E-state index contributed by atoms with van der Waals surface area (Å²) in [5.74, 6) is 1.74. The molecule has 2 N–H and O–H groups in total. The summed E-state index contributed by atoms with van der Waals surface area (Å²) in [5, 5.41) is 0. The molecule has 1 saturated heterocycles. The highest BCUT2D eigenvalue weighted by molar-refractivity contribution is 5.35. The first-order valence-corrected chi connectivity index (χ1v) is 5.71. The summed E-state index contributed by atoms with van der Waals surface area (Å²) in [7, 11) is 2.07. The van der Waals surface area contributed by atoms with Gasteiger partial charge in [0, 0.05) is 26.3 Å². The van der Waals surface area contributed by atoms with Gasteiger partial charge in [0.05, 0.1) is 5.69 Å². The molecule has 0 saturated carbocycles. The monoisotopic (exact) mass is 208 g/mol. The first kappa shape index (κ1) is 10.5. The zero-order chi connectivity index (χ0) is 10.8.